The molecule has 2 atom stereocenters. The quantitative estimate of drug-likeness (QED) is 0.372. The third-order valence-corrected chi connectivity index (χ3v) is 3.23. The van der Waals surface area contributed by atoms with Gasteiger partial charge in [-0.2, -0.15) is 0 Å². The summed E-state index contributed by atoms with van der Waals surface area (Å²) in [5, 5.41) is 17.1. The molecule has 0 aromatic carbocycles. The first-order valence-corrected chi connectivity index (χ1v) is 4.99. The summed E-state index contributed by atoms with van der Waals surface area (Å²) in [7, 11) is 0. The van der Waals surface area contributed by atoms with Crippen LogP contribution in [0.15, 0.2) is 0 Å². The van der Waals surface area contributed by atoms with E-state index >= 15 is 0 Å². The van der Waals surface area contributed by atoms with Crippen LogP contribution in [0.25, 0.3) is 0 Å². The Bertz CT molecular complexity index is 205. The molecule has 2 heterocycles. The molecule has 2 bridgehead atoms. The lowest BCUT2D eigenvalue weighted by Crippen LogP contribution is -2.57. The van der Waals surface area contributed by atoms with Crippen LogP contribution in [0.4, 0.5) is 0 Å². The first-order valence-electron chi connectivity index (χ1n) is 4.99. The Hall–Kier alpha value is -0.770. The molecule has 4 nitrogen and oxygen atoms in total. The summed E-state index contributed by atoms with van der Waals surface area (Å²) in [6.45, 7) is 0. The zero-order valence-electron chi connectivity index (χ0n) is 7.74. The van der Waals surface area contributed by atoms with E-state index in [1.165, 1.54) is 6.42 Å². The fourth-order valence-electron chi connectivity index (χ4n) is 2.75. The molecular formula is C9H17N3O. The first kappa shape index (κ1) is 8.81. The zero-order valence-corrected chi connectivity index (χ0v) is 7.74. The van der Waals surface area contributed by atoms with E-state index in [9.17, 15) is 5.11 Å². The number of nitrogens with one attached hydrogen (secondary N) is 1. The molecule has 2 saturated heterocycles. The van der Waals surface area contributed by atoms with Gasteiger partial charge in [-0.1, -0.05) is 0 Å². The van der Waals surface area contributed by atoms with Gasteiger partial charge in [0.25, 0.3) is 0 Å². The maximum absolute atomic E-state index is 9.58. The largest absolute Gasteiger partial charge is 0.393 e. The second-order valence-electron chi connectivity index (χ2n) is 4.16. The molecule has 0 aromatic heterocycles. The maximum Gasteiger partial charge on any atom is 0.188 e. The smallest absolute Gasteiger partial charge is 0.188 e. The summed E-state index contributed by atoms with van der Waals surface area (Å²) < 4.78 is 0. The van der Waals surface area contributed by atoms with Gasteiger partial charge in [-0.15, -0.1) is 0 Å². The lowest BCUT2D eigenvalue weighted by molar-refractivity contribution is 0.0131. The van der Waals surface area contributed by atoms with Crippen LogP contribution in [0.1, 0.15) is 32.1 Å². The summed E-state index contributed by atoms with van der Waals surface area (Å²) >= 11 is 0. The van der Waals surface area contributed by atoms with Gasteiger partial charge in [0.05, 0.1) is 6.10 Å². The van der Waals surface area contributed by atoms with E-state index in [1.807, 2.05) is 4.90 Å². The van der Waals surface area contributed by atoms with Crippen molar-refractivity contribution in [3.05, 3.63) is 0 Å². The van der Waals surface area contributed by atoms with Crippen molar-refractivity contribution in [2.75, 3.05) is 0 Å². The third kappa shape index (κ3) is 1.50. The van der Waals surface area contributed by atoms with E-state index in [2.05, 4.69) is 0 Å². The van der Waals surface area contributed by atoms with Gasteiger partial charge in [0, 0.05) is 12.1 Å². The molecule has 0 aromatic rings. The molecule has 0 saturated carbocycles. The van der Waals surface area contributed by atoms with Gasteiger partial charge in [-0.25, -0.2) is 0 Å². The van der Waals surface area contributed by atoms with Crippen molar-refractivity contribution in [1.29, 1.82) is 5.41 Å². The van der Waals surface area contributed by atoms with Gasteiger partial charge in [0.2, 0.25) is 0 Å². The van der Waals surface area contributed by atoms with Crippen LogP contribution in [-0.4, -0.2) is 34.2 Å². The highest BCUT2D eigenvalue weighted by Gasteiger charge is 2.38. The molecule has 2 fully saturated rings. The predicted molar refractivity (Wildman–Crippen MR) is 50.4 cm³/mol. The standard InChI is InChI=1S/C9H17N3O/c10-9(11)12-6-2-1-3-7(12)5-8(13)4-6/h6-8,13H,1-5H2,(H3,10,11). The second-order valence-corrected chi connectivity index (χ2v) is 4.16. The van der Waals surface area contributed by atoms with E-state index in [1.54, 1.807) is 0 Å². The highest BCUT2D eigenvalue weighted by atomic mass is 16.3. The Morgan fingerprint density at radius 2 is 1.85 bits per heavy atom. The van der Waals surface area contributed by atoms with Gasteiger partial charge in [-0.05, 0) is 32.1 Å². The Balaban J connectivity index is 2.14. The topological polar surface area (TPSA) is 73.3 Å². The Labute approximate surface area is 78.2 Å². The SMILES string of the molecule is N=C(N)N1C2CCCC1CC(O)C2. The van der Waals surface area contributed by atoms with Crippen LogP contribution in [0.2, 0.25) is 0 Å². The lowest BCUT2D eigenvalue weighted by Gasteiger charge is -2.48. The summed E-state index contributed by atoms with van der Waals surface area (Å²) in [6, 6.07) is 0.639. The molecule has 2 aliphatic rings. The van der Waals surface area contributed by atoms with Crippen molar-refractivity contribution in [3.8, 4) is 0 Å². The highest BCUT2D eigenvalue weighted by Crippen LogP contribution is 2.33. The zero-order chi connectivity index (χ0) is 9.42. The molecule has 4 N–H and O–H groups in total. The van der Waals surface area contributed by atoms with Crippen LogP contribution in [0, 0.1) is 5.41 Å². The minimum absolute atomic E-state index is 0.175. The van der Waals surface area contributed by atoms with Crippen LogP contribution >= 0.6 is 0 Å². The number of piperidine rings is 2. The van der Waals surface area contributed by atoms with E-state index in [4.69, 9.17) is 11.1 Å². The van der Waals surface area contributed by atoms with Crippen molar-refractivity contribution < 1.29 is 5.11 Å². The van der Waals surface area contributed by atoms with Gasteiger partial charge in [0.15, 0.2) is 5.96 Å². The van der Waals surface area contributed by atoms with E-state index < -0.39 is 0 Å². The minimum Gasteiger partial charge on any atom is -0.393 e. The Morgan fingerprint density at radius 3 is 2.31 bits per heavy atom. The number of aliphatic hydroxyl groups is 1. The van der Waals surface area contributed by atoms with E-state index in [0.29, 0.717) is 12.1 Å². The number of rotatable bonds is 0. The second kappa shape index (κ2) is 3.18. The maximum atomic E-state index is 9.58. The number of hydrogen-bond donors (Lipinski definition) is 3. The van der Waals surface area contributed by atoms with E-state index in [0.717, 1.165) is 25.7 Å². The van der Waals surface area contributed by atoms with Crippen molar-refractivity contribution >= 4 is 5.96 Å². The molecular weight excluding hydrogens is 166 g/mol. The summed E-state index contributed by atoms with van der Waals surface area (Å²) in [6.07, 6.45) is 4.77. The molecule has 13 heavy (non-hydrogen) atoms. The fraction of sp³-hybridized carbons (Fsp3) is 0.889. The number of nitrogens with two attached hydrogens (primary N) is 1. The average Bonchev–Trinajstić information content (AvgIpc) is 2.01. The first-order chi connectivity index (χ1) is 6.18. The van der Waals surface area contributed by atoms with Gasteiger partial charge >= 0.3 is 0 Å². The van der Waals surface area contributed by atoms with Crippen LogP contribution in [0.5, 0.6) is 0 Å². The van der Waals surface area contributed by atoms with Gasteiger partial charge in [-0.3, -0.25) is 5.41 Å². The Kier molecular flexibility index (Phi) is 2.15. The molecule has 2 unspecified atom stereocenters. The molecule has 0 amide bonds. The fourth-order valence-corrected chi connectivity index (χ4v) is 2.75. The molecule has 4 heteroatoms. The highest BCUT2D eigenvalue weighted by molar-refractivity contribution is 5.75. The van der Waals surface area contributed by atoms with Gasteiger partial charge in [0.1, 0.15) is 0 Å². The van der Waals surface area contributed by atoms with Crippen molar-refractivity contribution in [2.24, 2.45) is 5.73 Å². The van der Waals surface area contributed by atoms with Crippen LogP contribution in [-0.2, 0) is 0 Å². The van der Waals surface area contributed by atoms with E-state index in [-0.39, 0.29) is 12.1 Å². The van der Waals surface area contributed by atoms with Crippen LogP contribution < -0.4 is 5.73 Å². The minimum atomic E-state index is -0.175. The molecule has 0 radical (unpaired) electrons. The summed E-state index contributed by atoms with van der Waals surface area (Å²) in [5.74, 6) is 0.182. The normalized spacial score (nSPS) is 38.8. The molecule has 74 valence electrons. The third-order valence-electron chi connectivity index (χ3n) is 3.23. The van der Waals surface area contributed by atoms with Crippen molar-refractivity contribution in [3.63, 3.8) is 0 Å². The monoisotopic (exact) mass is 183 g/mol. The average molecular weight is 183 g/mol. The molecule has 2 rings (SSSR count). The van der Waals surface area contributed by atoms with Crippen molar-refractivity contribution in [1.82, 2.24) is 4.90 Å². The predicted octanol–water partition coefficient (Wildman–Crippen LogP) is 0.258. The van der Waals surface area contributed by atoms with Gasteiger partial charge < -0.3 is 15.7 Å². The number of hydrogen-bond acceptors (Lipinski definition) is 2. The van der Waals surface area contributed by atoms with Crippen LogP contribution in [0.3, 0.4) is 0 Å². The molecule has 0 aliphatic carbocycles. The number of guanidine groups is 1. The Morgan fingerprint density at radius 1 is 1.31 bits per heavy atom. The molecule has 2 aliphatic heterocycles. The number of nitrogens with zero attached hydrogens (tertiary/aromatic N) is 1. The van der Waals surface area contributed by atoms with Crippen molar-refractivity contribution in [2.45, 2.75) is 50.3 Å². The summed E-state index contributed by atoms with van der Waals surface area (Å²) in [5.41, 5.74) is 5.53. The lowest BCUT2D eigenvalue weighted by atomic mass is 9.83. The molecule has 0 spiro atoms. The number of fused-ring (bicyclic) bond motifs is 2. The summed E-state index contributed by atoms with van der Waals surface area (Å²) in [4.78, 5) is 2.00. The number of aliphatic hydroxyl groups excluding tert-OH is 1.